The molecule has 2 rings (SSSR count). The van der Waals surface area contributed by atoms with Gasteiger partial charge >= 0.3 is 0 Å². The minimum atomic E-state index is -0.0656. The summed E-state index contributed by atoms with van der Waals surface area (Å²) in [5.74, 6) is 0.520. The third-order valence-electron chi connectivity index (χ3n) is 3.61. The van der Waals surface area contributed by atoms with Crippen molar-refractivity contribution in [2.45, 2.75) is 37.7 Å². The van der Waals surface area contributed by atoms with Crippen molar-refractivity contribution < 1.29 is 9.53 Å². The Balaban J connectivity index is 1.77. The maximum Gasteiger partial charge on any atom is 0.243 e. The molecule has 15 heavy (non-hydrogen) atoms. The fourth-order valence-corrected chi connectivity index (χ4v) is 2.54. The zero-order valence-electron chi connectivity index (χ0n) is 9.13. The van der Waals surface area contributed by atoms with Crippen molar-refractivity contribution in [2.24, 2.45) is 5.92 Å². The molecule has 1 aliphatic carbocycles. The summed E-state index contributed by atoms with van der Waals surface area (Å²) in [6.45, 7) is 5.07. The maximum atomic E-state index is 11.0. The van der Waals surface area contributed by atoms with Crippen molar-refractivity contribution in [3.05, 3.63) is 12.7 Å². The van der Waals surface area contributed by atoms with Crippen molar-refractivity contribution in [2.75, 3.05) is 13.2 Å². The summed E-state index contributed by atoms with van der Waals surface area (Å²) >= 11 is 0. The average molecular weight is 209 g/mol. The van der Waals surface area contributed by atoms with E-state index in [1.807, 2.05) is 0 Å². The van der Waals surface area contributed by atoms with Crippen LogP contribution in [-0.2, 0) is 9.53 Å². The molecular weight excluding hydrogens is 190 g/mol. The van der Waals surface area contributed by atoms with Gasteiger partial charge in [-0.3, -0.25) is 4.79 Å². The van der Waals surface area contributed by atoms with Crippen molar-refractivity contribution in [3.8, 4) is 0 Å². The SMILES string of the molecule is C=CC(=O)NC[C@@H]1CCOC2(CCC2)C1. The molecule has 3 nitrogen and oxygen atoms in total. The van der Waals surface area contributed by atoms with Crippen molar-refractivity contribution >= 4 is 5.91 Å². The number of hydrogen-bond donors (Lipinski definition) is 1. The molecule has 0 unspecified atom stereocenters. The van der Waals surface area contributed by atoms with E-state index in [0.717, 1.165) is 26.0 Å². The molecule has 1 saturated heterocycles. The Hall–Kier alpha value is -0.830. The summed E-state index contributed by atoms with van der Waals surface area (Å²) in [5.41, 5.74) is 0.182. The van der Waals surface area contributed by atoms with Gasteiger partial charge in [0, 0.05) is 13.2 Å². The first-order valence-corrected chi connectivity index (χ1v) is 5.78. The Morgan fingerprint density at radius 1 is 1.60 bits per heavy atom. The molecule has 0 aromatic rings. The van der Waals surface area contributed by atoms with Gasteiger partial charge < -0.3 is 10.1 Å². The topological polar surface area (TPSA) is 38.3 Å². The van der Waals surface area contributed by atoms with Crippen LogP contribution in [0.25, 0.3) is 0 Å². The molecule has 1 spiro atoms. The molecule has 0 bridgehead atoms. The Kier molecular flexibility index (Phi) is 3.10. The van der Waals surface area contributed by atoms with Crippen molar-refractivity contribution in [1.82, 2.24) is 5.32 Å². The van der Waals surface area contributed by atoms with E-state index in [9.17, 15) is 4.79 Å². The maximum absolute atomic E-state index is 11.0. The molecule has 2 fully saturated rings. The Bertz CT molecular complexity index is 258. The van der Waals surface area contributed by atoms with E-state index in [0.29, 0.717) is 5.92 Å². The molecule has 1 amide bonds. The molecule has 1 aliphatic heterocycles. The van der Waals surface area contributed by atoms with Gasteiger partial charge in [-0.2, -0.15) is 0 Å². The monoisotopic (exact) mass is 209 g/mol. The van der Waals surface area contributed by atoms with Gasteiger partial charge in [0.2, 0.25) is 5.91 Å². The number of ether oxygens (including phenoxy) is 1. The van der Waals surface area contributed by atoms with E-state index in [1.165, 1.54) is 25.3 Å². The number of amides is 1. The predicted octanol–water partition coefficient (Wildman–Crippen LogP) is 1.64. The second-order valence-electron chi connectivity index (χ2n) is 4.69. The van der Waals surface area contributed by atoms with Gasteiger partial charge in [0.15, 0.2) is 0 Å². The highest BCUT2D eigenvalue weighted by Crippen LogP contribution is 2.43. The molecule has 0 aromatic heterocycles. The number of carbonyl (C=O) groups excluding carboxylic acids is 1. The molecule has 0 radical (unpaired) electrons. The molecule has 1 atom stereocenters. The van der Waals surface area contributed by atoms with Gasteiger partial charge in [0.05, 0.1) is 5.60 Å². The van der Waals surface area contributed by atoms with Crippen LogP contribution in [-0.4, -0.2) is 24.7 Å². The summed E-state index contributed by atoms with van der Waals surface area (Å²) in [6.07, 6.45) is 7.23. The molecule has 1 heterocycles. The number of nitrogens with one attached hydrogen (secondary N) is 1. The highest BCUT2D eigenvalue weighted by molar-refractivity contribution is 5.86. The van der Waals surface area contributed by atoms with Crippen LogP contribution in [0.3, 0.4) is 0 Å². The van der Waals surface area contributed by atoms with E-state index in [-0.39, 0.29) is 11.5 Å². The fraction of sp³-hybridized carbons (Fsp3) is 0.750. The average Bonchev–Trinajstić information content (AvgIpc) is 2.24. The lowest BCUT2D eigenvalue weighted by molar-refractivity contribution is -0.143. The molecule has 84 valence electrons. The normalized spacial score (nSPS) is 28.1. The third-order valence-corrected chi connectivity index (χ3v) is 3.61. The molecule has 1 N–H and O–H groups in total. The van der Waals surface area contributed by atoms with Crippen LogP contribution < -0.4 is 5.32 Å². The van der Waals surface area contributed by atoms with Crippen LogP contribution in [0.15, 0.2) is 12.7 Å². The lowest BCUT2D eigenvalue weighted by Gasteiger charge is -2.47. The minimum absolute atomic E-state index is 0.0656. The van der Waals surface area contributed by atoms with E-state index in [4.69, 9.17) is 4.74 Å². The molecule has 0 aromatic carbocycles. The van der Waals surface area contributed by atoms with Gasteiger partial charge in [-0.05, 0) is 44.1 Å². The number of hydrogen-bond acceptors (Lipinski definition) is 2. The lowest BCUT2D eigenvalue weighted by atomic mass is 9.72. The standard InChI is InChI=1S/C12H19NO2/c1-2-11(14)13-9-10-4-7-15-12(8-10)5-3-6-12/h2,10H,1,3-9H2,(H,13,14)/t10-/m1/s1. The summed E-state index contributed by atoms with van der Waals surface area (Å²) in [7, 11) is 0. The summed E-state index contributed by atoms with van der Waals surface area (Å²) < 4.78 is 5.83. The van der Waals surface area contributed by atoms with E-state index in [1.54, 1.807) is 0 Å². The molecule has 1 saturated carbocycles. The van der Waals surface area contributed by atoms with Crippen molar-refractivity contribution in [1.29, 1.82) is 0 Å². The highest BCUT2D eigenvalue weighted by atomic mass is 16.5. The van der Waals surface area contributed by atoms with Crippen LogP contribution in [0.5, 0.6) is 0 Å². The second-order valence-corrected chi connectivity index (χ2v) is 4.69. The third kappa shape index (κ3) is 2.40. The van der Waals surface area contributed by atoms with Gasteiger partial charge in [0.25, 0.3) is 0 Å². The molecular formula is C12H19NO2. The van der Waals surface area contributed by atoms with Gasteiger partial charge in [-0.15, -0.1) is 0 Å². The zero-order chi connectivity index (χ0) is 10.7. The van der Waals surface area contributed by atoms with Gasteiger partial charge in [0.1, 0.15) is 0 Å². The van der Waals surface area contributed by atoms with Crippen LogP contribution in [0.4, 0.5) is 0 Å². The summed E-state index contributed by atoms with van der Waals surface area (Å²) in [4.78, 5) is 11.0. The second kappa shape index (κ2) is 4.35. The number of carbonyl (C=O) groups is 1. The smallest absolute Gasteiger partial charge is 0.243 e. The van der Waals surface area contributed by atoms with Crippen LogP contribution in [0, 0.1) is 5.92 Å². The first kappa shape index (κ1) is 10.7. The largest absolute Gasteiger partial charge is 0.375 e. The molecule has 3 heteroatoms. The highest BCUT2D eigenvalue weighted by Gasteiger charge is 2.42. The van der Waals surface area contributed by atoms with Crippen LogP contribution in [0.2, 0.25) is 0 Å². The van der Waals surface area contributed by atoms with Gasteiger partial charge in [-0.25, -0.2) is 0 Å². The zero-order valence-corrected chi connectivity index (χ0v) is 9.13. The quantitative estimate of drug-likeness (QED) is 0.718. The number of rotatable bonds is 3. The first-order valence-electron chi connectivity index (χ1n) is 5.78. The molecule has 2 aliphatic rings. The predicted molar refractivity (Wildman–Crippen MR) is 58.5 cm³/mol. The Morgan fingerprint density at radius 2 is 2.40 bits per heavy atom. The van der Waals surface area contributed by atoms with E-state index in [2.05, 4.69) is 11.9 Å². The van der Waals surface area contributed by atoms with E-state index >= 15 is 0 Å². The van der Waals surface area contributed by atoms with E-state index < -0.39 is 0 Å². The minimum Gasteiger partial charge on any atom is -0.375 e. The first-order chi connectivity index (χ1) is 7.24. The fourth-order valence-electron chi connectivity index (χ4n) is 2.54. The summed E-state index contributed by atoms with van der Waals surface area (Å²) in [5, 5.41) is 2.88. The lowest BCUT2D eigenvalue weighted by Crippen LogP contribution is -2.47. The Morgan fingerprint density at radius 3 is 3.00 bits per heavy atom. The van der Waals surface area contributed by atoms with Crippen molar-refractivity contribution in [3.63, 3.8) is 0 Å². The van der Waals surface area contributed by atoms with Gasteiger partial charge in [-0.1, -0.05) is 6.58 Å². The summed E-state index contributed by atoms with van der Waals surface area (Å²) in [6, 6.07) is 0. The van der Waals surface area contributed by atoms with Crippen LogP contribution in [0.1, 0.15) is 32.1 Å². The van der Waals surface area contributed by atoms with Crippen LogP contribution >= 0.6 is 0 Å². The Labute approximate surface area is 90.9 Å².